The van der Waals surface area contributed by atoms with E-state index in [-0.39, 0.29) is 23.2 Å². The van der Waals surface area contributed by atoms with Crippen molar-refractivity contribution in [3.63, 3.8) is 0 Å². The van der Waals surface area contributed by atoms with Crippen LogP contribution in [0.15, 0.2) is 72.8 Å². The van der Waals surface area contributed by atoms with Gasteiger partial charge in [0.15, 0.2) is 5.11 Å². The fourth-order valence-electron chi connectivity index (χ4n) is 2.90. The Morgan fingerprint density at radius 2 is 1.94 bits per heavy atom. The van der Waals surface area contributed by atoms with E-state index in [4.69, 9.17) is 17.0 Å². The quantitative estimate of drug-likeness (QED) is 0.276. The maximum absolute atomic E-state index is 12.7. The topological polar surface area (TPSA) is 102 Å². The Balaban J connectivity index is 1.61. The molecule has 1 aliphatic heterocycles. The van der Waals surface area contributed by atoms with Gasteiger partial charge in [0, 0.05) is 6.54 Å². The van der Waals surface area contributed by atoms with Crippen LogP contribution < -0.4 is 10.1 Å². The molecule has 0 spiro atoms. The number of thiocarbonyl (C=S) groups is 1. The lowest BCUT2D eigenvalue weighted by atomic mass is 10.1. The summed E-state index contributed by atoms with van der Waals surface area (Å²) in [7, 11) is 0. The third kappa shape index (κ3) is 4.23. The molecule has 1 saturated heterocycles. The second-order valence-electron chi connectivity index (χ2n) is 6.41. The second kappa shape index (κ2) is 8.67. The summed E-state index contributed by atoms with van der Waals surface area (Å²) in [6, 6.07) is 16.3. The van der Waals surface area contributed by atoms with Gasteiger partial charge < -0.3 is 4.74 Å². The number of carbonyl (C=O) groups excluding carboxylic acids is 2. The van der Waals surface area contributed by atoms with Crippen LogP contribution in [0.1, 0.15) is 5.56 Å². The third-order valence-corrected chi connectivity index (χ3v) is 4.64. The van der Waals surface area contributed by atoms with Gasteiger partial charge in [0.25, 0.3) is 11.8 Å². The molecule has 2 heterocycles. The van der Waals surface area contributed by atoms with Crippen molar-refractivity contribution in [2.45, 2.75) is 0 Å². The van der Waals surface area contributed by atoms with Crippen LogP contribution >= 0.6 is 12.2 Å². The van der Waals surface area contributed by atoms with Gasteiger partial charge >= 0.3 is 6.01 Å². The molecule has 0 unspecified atom stereocenters. The Bertz CT molecular complexity index is 1200. The van der Waals surface area contributed by atoms with Crippen molar-refractivity contribution in [1.29, 1.82) is 0 Å². The van der Waals surface area contributed by atoms with Crippen molar-refractivity contribution in [2.75, 3.05) is 6.54 Å². The molecule has 10 heteroatoms. The van der Waals surface area contributed by atoms with E-state index >= 15 is 0 Å². The van der Waals surface area contributed by atoms with Gasteiger partial charge in [0.1, 0.15) is 11.3 Å². The molecule has 1 aromatic heterocycles. The van der Waals surface area contributed by atoms with Gasteiger partial charge in [-0.05, 0) is 58.5 Å². The third-order valence-electron chi connectivity index (χ3n) is 4.32. The molecule has 31 heavy (non-hydrogen) atoms. The number of ether oxygens (including phenoxy) is 1. The molecule has 0 bridgehead atoms. The van der Waals surface area contributed by atoms with Crippen molar-refractivity contribution in [3.05, 3.63) is 78.4 Å². The highest BCUT2D eigenvalue weighted by molar-refractivity contribution is 7.80. The highest BCUT2D eigenvalue weighted by atomic mass is 32.1. The van der Waals surface area contributed by atoms with E-state index in [9.17, 15) is 9.59 Å². The number of tetrazole rings is 1. The number of hydrogen-bond acceptors (Lipinski definition) is 7. The van der Waals surface area contributed by atoms with Gasteiger partial charge in [-0.2, -0.15) is 4.68 Å². The lowest BCUT2D eigenvalue weighted by Gasteiger charge is -2.27. The Hall–Kier alpha value is -4.18. The number of rotatable bonds is 6. The van der Waals surface area contributed by atoms with Crippen LogP contribution in [-0.4, -0.2) is 48.6 Å². The van der Waals surface area contributed by atoms with Crippen molar-refractivity contribution in [3.8, 4) is 17.4 Å². The van der Waals surface area contributed by atoms with Gasteiger partial charge in [-0.25, -0.2) is 0 Å². The molecule has 1 fully saturated rings. The number of aromatic nitrogens is 4. The van der Waals surface area contributed by atoms with Crippen molar-refractivity contribution in [1.82, 2.24) is 30.4 Å². The van der Waals surface area contributed by atoms with Crippen LogP contribution in [0.4, 0.5) is 0 Å². The van der Waals surface area contributed by atoms with Crippen molar-refractivity contribution >= 4 is 35.2 Å². The largest absolute Gasteiger partial charge is 0.423 e. The van der Waals surface area contributed by atoms with E-state index in [1.54, 1.807) is 24.3 Å². The van der Waals surface area contributed by atoms with Crippen LogP contribution in [0.5, 0.6) is 11.8 Å². The minimum Gasteiger partial charge on any atom is -0.423 e. The summed E-state index contributed by atoms with van der Waals surface area (Å²) in [5.74, 6) is -0.619. The van der Waals surface area contributed by atoms with Gasteiger partial charge in [-0.15, -0.1) is 6.58 Å². The molecule has 2 amide bonds. The van der Waals surface area contributed by atoms with Crippen LogP contribution in [0.25, 0.3) is 11.8 Å². The van der Waals surface area contributed by atoms with Gasteiger partial charge in [-0.1, -0.05) is 41.5 Å². The van der Waals surface area contributed by atoms with Gasteiger partial charge in [-0.3, -0.25) is 19.8 Å². The van der Waals surface area contributed by atoms with E-state index in [2.05, 4.69) is 27.4 Å². The zero-order chi connectivity index (χ0) is 21.8. The standard InChI is InChI=1S/C21H16N6O3S/c1-2-11-26-19(29)17(18(28)22-21(26)31)13-14-7-6-10-16(12-14)30-20-23-24-25-27(20)15-8-4-3-5-9-15/h2-10,12-13H,1,11H2,(H,22,28,31). The van der Waals surface area contributed by atoms with Crippen LogP contribution in [0.3, 0.4) is 0 Å². The monoisotopic (exact) mass is 432 g/mol. The summed E-state index contributed by atoms with van der Waals surface area (Å²) in [6.45, 7) is 3.80. The molecule has 9 nitrogen and oxygen atoms in total. The molecule has 0 atom stereocenters. The zero-order valence-electron chi connectivity index (χ0n) is 16.1. The average molecular weight is 432 g/mol. The smallest absolute Gasteiger partial charge is 0.345 e. The minimum absolute atomic E-state index is 0.0401. The maximum Gasteiger partial charge on any atom is 0.345 e. The maximum atomic E-state index is 12.7. The summed E-state index contributed by atoms with van der Waals surface area (Å²) in [4.78, 5) is 26.3. The SMILES string of the molecule is C=CCN1C(=O)C(=Cc2cccc(Oc3nnnn3-c3ccccc3)c2)C(=O)NC1=S. The zero-order valence-corrected chi connectivity index (χ0v) is 17.0. The van der Waals surface area contributed by atoms with Crippen LogP contribution in [0.2, 0.25) is 0 Å². The molecule has 4 rings (SSSR count). The molecule has 2 aromatic carbocycles. The number of hydrogen-bond donors (Lipinski definition) is 1. The lowest BCUT2D eigenvalue weighted by molar-refractivity contribution is -0.128. The number of benzene rings is 2. The number of amides is 2. The summed E-state index contributed by atoms with van der Waals surface area (Å²) in [6.07, 6.45) is 3.01. The average Bonchev–Trinajstić information content (AvgIpc) is 3.23. The number of nitrogens with one attached hydrogen (secondary N) is 1. The van der Waals surface area contributed by atoms with Gasteiger partial charge in [0.05, 0.1) is 5.69 Å². The van der Waals surface area contributed by atoms with Gasteiger partial charge in [0.2, 0.25) is 0 Å². The first-order valence-electron chi connectivity index (χ1n) is 9.18. The first-order valence-corrected chi connectivity index (χ1v) is 9.59. The van der Waals surface area contributed by atoms with Crippen LogP contribution in [0, 0.1) is 0 Å². The predicted molar refractivity (Wildman–Crippen MR) is 116 cm³/mol. The van der Waals surface area contributed by atoms with Crippen molar-refractivity contribution < 1.29 is 14.3 Å². The normalized spacial score (nSPS) is 15.2. The predicted octanol–water partition coefficient (Wildman–Crippen LogP) is 2.27. The summed E-state index contributed by atoms with van der Waals surface area (Å²) < 4.78 is 7.29. The Morgan fingerprint density at radius 1 is 1.13 bits per heavy atom. The van der Waals surface area contributed by atoms with E-state index in [1.807, 2.05) is 30.3 Å². The first-order chi connectivity index (χ1) is 15.1. The molecule has 1 aliphatic rings. The Kier molecular flexibility index (Phi) is 5.63. The minimum atomic E-state index is -0.561. The second-order valence-corrected chi connectivity index (χ2v) is 6.79. The van der Waals surface area contributed by atoms with E-state index in [0.29, 0.717) is 11.3 Å². The molecule has 0 saturated carbocycles. The highest BCUT2D eigenvalue weighted by Crippen LogP contribution is 2.23. The summed E-state index contributed by atoms with van der Waals surface area (Å²) in [5, 5.41) is 14.1. The van der Waals surface area contributed by atoms with E-state index in [0.717, 1.165) is 5.69 Å². The number of para-hydroxylation sites is 1. The van der Waals surface area contributed by atoms with E-state index in [1.165, 1.54) is 21.7 Å². The highest BCUT2D eigenvalue weighted by Gasteiger charge is 2.32. The molecule has 0 aliphatic carbocycles. The molecule has 3 aromatic rings. The fraction of sp³-hybridized carbons (Fsp3) is 0.0476. The molecule has 1 N–H and O–H groups in total. The van der Waals surface area contributed by atoms with E-state index < -0.39 is 11.8 Å². The molecular formula is C21H16N6O3S. The number of carbonyl (C=O) groups is 2. The Morgan fingerprint density at radius 3 is 2.71 bits per heavy atom. The molecular weight excluding hydrogens is 416 g/mol. The molecule has 0 radical (unpaired) electrons. The summed E-state index contributed by atoms with van der Waals surface area (Å²) >= 11 is 5.06. The Labute approximate surface area is 182 Å². The van der Waals surface area contributed by atoms with Crippen molar-refractivity contribution in [2.24, 2.45) is 0 Å². The number of nitrogens with zero attached hydrogens (tertiary/aromatic N) is 5. The molecule has 154 valence electrons. The first kappa shape index (κ1) is 20.1. The summed E-state index contributed by atoms with van der Waals surface area (Å²) in [5.41, 5.74) is 1.28. The lowest BCUT2D eigenvalue weighted by Crippen LogP contribution is -2.53. The fourth-order valence-corrected chi connectivity index (χ4v) is 3.15. The van der Waals surface area contributed by atoms with Crippen LogP contribution in [-0.2, 0) is 9.59 Å².